The maximum absolute atomic E-state index is 11.4. The first-order valence-electron chi connectivity index (χ1n) is 5.64. The van der Waals surface area contributed by atoms with Crippen LogP contribution in [0.3, 0.4) is 0 Å². The van der Waals surface area contributed by atoms with Gasteiger partial charge in [0.05, 0.1) is 11.6 Å². The maximum atomic E-state index is 11.4. The Kier molecular flexibility index (Phi) is 5.88. The van der Waals surface area contributed by atoms with Crippen LogP contribution in [0.2, 0.25) is 5.02 Å². The third kappa shape index (κ3) is 4.50. The Balaban J connectivity index is 2.56. The molecule has 0 aliphatic carbocycles. The topological polar surface area (TPSA) is 67.2 Å². The van der Waals surface area contributed by atoms with Gasteiger partial charge < -0.3 is 16.4 Å². The molecular weight excluding hydrogens is 270 g/mol. The average molecular weight is 286 g/mol. The van der Waals surface area contributed by atoms with Gasteiger partial charge in [-0.3, -0.25) is 4.79 Å². The van der Waals surface area contributed by atoms with E-state index in [4.69, 9.17) is 29.6 Å². The molecular formula is C12H16ClN3OS. The highest BCUT2D eigenvalue weighted by molar-refractivity contribution is 7.80. The number of carbonyl (C=O) groups is 1. The van der Waals surface area contributed by atoms with E-state index in [1.54, 1.807) is 18.2 Å². The molecule has 0 atom stereocenters. The molecule has 0 aliphatic heterocycles. The Labute approximate surface area is 117 Å². The Bertz CT molecular complexity index is 451. The van der Waals surface area contributed by atoms with E-state index in [2.05, 4.69) is 10.6 Å². The third-order valence-corrected chi connectivity index (χ3v) is 2.79. The van der Waals surface area contributed by atoms with Crippen LogP contribution in [0.15, 0.2) is 18.2 Å². The number of hydrogen-bond donors (Lipinski definition) is 3. The van der Waals surface area contributed by atoms with Crippen molar-refractivity contribution < 1.29 is 4.79 Å². The summed E-state index contributed by atoms with van der Waals surface area (Å²) in [5.74, 6) is -0.0496. The van der Waals surface area contributed by atoms with E-state index in [0.29, 0.717) is 17.1 Å². The largest absolute Gasteiger partial charge is 0.389 e. The molecule has 0 saturated heterocycles. The van der Waals surface area contributed by atoms with Crippen molar-refractivity contribution in [3.63, 3.8) is 0 Å². The van der Waals surface area contributed by atoms with Crippen LogP contribution >= 0.6 is 23.8 Å². The minimum Gasteiger partial charge on any atom is -0.389 e. The Morgan fingerprint density at radius 1 is 1.50 bits per heavy atom. The molecule has 0 unspecified atom stereocenters. The molecule has 4 nitrogen and oxygen atoms in total. The highest BCUT2D eigenvalue weighted by Gasteiger charge is 2.05. The molecule has 0 aliphatic rings. The number of benzene rings is 1. The monoisotopic (exact) mass is 285 g/mol. The van der Waals surface area contributed by atoms with Crippen molar-refractivity contribution in [1.29, 1.82) is 0 Å². The lowest BCUT2D eigenvalue weighted by molar-refractivity contribution is -0.119. The number of anilines is 1. The summed E-state index contributed by atoms with van der Waals surface area (Å²) in [5.41, 5.74) is 6.89. The zero-order valence-corrected chi connectivity index (χ0v) is 11.7. The number of nitrogens with two attached hydrogens (primary N) is 1. The molecule has 4 N–H and O–H groups in total. The van der Waals surface area contributed by atoms with Gasteiger partial charge in [-0.1, -0.05) is 30.7 Å². The number of hydrogen-bond acceptors (Lipinski definition) is 3. The molecule has 1 rings (SSSR count). The molecule has 0 fully saturated rings. The number of thiocarbonyl (C=S) groups is 1. The Morgan fingerprint density at radius 2 is 2.22 bits per heavy atom. The zero-order chi connectivity index (χ0) is 13.5. The zero-order valence-electron chi connectivity index (χ0n) is 10.1. The molecule has 1 aromatic rings. The van der Waals surface area contributed by atoms with E-state index in [9.17, 15) is 4.79 Å². The average Bonchev–Trinajstić information content (AvgIpc) is 2.33. The lowest BCUT2D eigenvalue weighted by Crippen LogP contribution is -2.30. The summed E-state index contributed by atoms with van der Waals surface area (Å²) in [5, 5.41) is 6.22. The lowest BCUT2D eigenvalue weighted by Gasteiger charge is -2.09. The first-order chi connectivity index (χ1) is 8.54. The predicted molar refractivity (Wildman–Crippen MR) is 79.1 cm³/mol. The molecule has 18 heavy (non-hydrogen) atoms. The Hall–Kier alpha value is -1.33. The third-order valence-electron chi connectivity index (χ3n) is 2.26. The fourth-order valence-electron chi connectivity index (χ4n) is 1.33. The molecule has 0 aromatic heterocycles. The van der Waals surface area contributed by atoms with Crippen LogP contribution in [0.5, 0.6) is 0 Å². The molecule has 98 valence electrons. The van der Waals surface area contributed by atoms with Gasteiger partial charge in [-0.15, -0.1) is 0 Å². The summed E-state index contributed by atoms with van der Waals surface area (Å²) in [4.78, 5) is 11.6. The standard InChI is InChI=1S/C12H16ClN3OS/c1-2-5-15-11(17)7-16-8-3-4-9(12(14)18)10(13)6-8/h3-4,6,16H,2,5,7H2,1H3,(H2,14,18)(H,15,17). The van der Waals surface area contributed by atoms with Gasteiger partial charge in [-0.25, -0.2) is 0 Å². The summed E-state index contributed by atoms with van der Waals surface area (Å²) in [6, 6.07) is 5.22. The number of carbonyl (C=O) groups excluding carboxylic acids is 1. The SMILES string of the molecule is CCCNC(=O)CNc1ccc(C(N)=S)c(Cl)c1. The van der Waals surface area contributed by atoms with Crippen LogP contribution in [0, 0.1) is 0 Å². The van der Waals surface area contributed by atoms with Gasteiger partial charge in [-0.2, -0.15) is 0 Å². The lowest BCUT2D eigenvalue weighted by atomic mass is 10.2. The van der Waals surface area contributed by atoms with Gasteiger partial charge in [-0.05, 0) is 24.6 Å². The van der Waals surface area contributed by atoms with E-state index < -0.39 is 0 Å². The van der Waals surface area contributed by atoms with Gasteiger partial charge in [0, 0.05) is 17.8 Å². The van der Waals surface area contributed by atoms with Crippen molar-refractivity contribution >= 4 is 40.4 Å². The molecule has 0 saturated carbocycles. The first kappa shape index (κ1) is 14.7. The van der Waals surface area contributed by atoms with Gasteiger partial charge >= 0.3 is 0 Å². The number of nitrogens with one attached hydrogen (secondary N) is 2. The summed E-state index contributed by atoms with van der Waals surface area (Å²) in [6.07, 6.45) is 0.917. The van der Waals surface area contributed by atoms with Crippen molar-refractivity contribution in [2.45, 2.75) is 13.3 Å². The first-order valence-corrected chi connectivity index (χ1v) is 6.43. The van der Waals surface area contributed by atoms with Crippen molar-refractivity contribution in [3.8, 4) is 0 Å². The number of halogens is 1. The summed E-state index contributed by atoms with van der Waals surface area (Å²) in [6.45, 7) is 2.90. The number of amides is 1. The van der Waals surface area contributed by atoms with Crippen molar-refractivity contribution in [2.24, 2.45) is 5.73 Å². The van der Waals surface area contributed by atoms with E-state index in [1.807, 2.05) is 6.92 Å². The van der Waals surface area contributed by atoms with Crippen LogP contribution in [0.25, 0.3) is 0 Å². The second-order valence-corrected chi connectivity index (χ2v) is 4.61. The van der Waals surface area contributed by atoms with E-state index in [-0.39, 0.29) is 17.4 Å². The molecule has 0 bridgehead atoms. The molecule has 1 amide bonds. The van der Waals surface area contributed by atoms with Crippen LogP contribution in [-0.2, 0) is 4.79 Å². The quantitative estimate of drug-likeness (QED) is 0.699. The minimum atomic E-state index is -0.0496. The number of rotatable bonds is 6. The van der Waals surface area contributed by atoms with Crippen molar-refractivity contribution in [3.05, 3.63) is 28.8 Å². The maximum Gasteiger partial charge on any atom is 0.239 e. The van der Waals surface area contributed by atoms with E-state index in [1.165, 1.54) is 0 Å². The minimum absolute atomic E-state index is 0.0496. The van der Waals surface area contributed by atoms with Gasteiger partial charge in [0.15, 0.2) is 0 Å². The molecule has 0 spiro atoms. The van der Waals surface area contributed by atoms with Crippen LogP contribution < -0.4 is 16.4 Å². The predicted octanol–water partition coefficient (Wildman–Crippen LogP) is 1.91. The molecule has 1 aromatic carbocycles. The van der Waals surface area contributed by atoms with E-state index >= 15 is 0 Å². The summed E-state index contributed by atoms with van der Waals surface area (Å²) >= 11 is 10.9. The normalized spacial score (nSPS) is 9.89. The van der Waals surface area contributed by atoms with Crippen molar-refractivity contribution in [2.75, 3.05) is 18.4 Å². The molecule has 0 radical (unpaired) electrons. The second kappa shape index (κ2) is 7.18. The molecule has 0 heterocycles. The Morgan fingerprint density at radius 3 is 2.78 bits per heavy atom. The van der Waals surface area contributed by atoms with Crippen LogP contribution in [-0.4, -0.2) is 24.0 Å². The van der Waals surface area contributed by atoms with Crippen LogP contribution in [0.4, 0.5) is 5.69 Å². The summed E-state index contributed by atoms with van der Waals surface area (Å²) in [7, 11) is 0. The van der Waals surface area contributed by atoms with Gasteiger partial charge in [0.25, 0.3) is 0 Å². The van der Waals surface area contributed by atoms with Crippen molar-refractivity contribution in [1.82, 2.24) is 5.32 Å². The summed E-state index contributed by atoms with van der Waals surface area (Å²) < 4.78 is 0. The smallest absolute Gasteiger partial charge is 0.239 e. The highest BCUT2D eigenvalue weighted by Crippen LogP contribution is 2.20. The fourth-order valence-corrected chi connectivity index (χ4v) is 1.85. The van der Waals surface area contributed by atoms with Gasteiger partial charge in [0.2, 0.25) is 5.91 Å². The van der Waals surface area contributed by atoms with Crippen LogP contribution in [0.1, 0.15) is 18.9 Å². The van der Waals surface area contributed by atoms with E-state index in [0.717, 1.165) is 12.1 Å². The highest BCUT2D eigenvalue weighted by atomic mass is 35.5. The van der Waals surface area contributed by atoms with Gasteiger partial charge in [0.1, 0.15) is 4.99 Å². The fraction of sp³-hybridized carbons (Fsp3) is 0.333. The molecule has 6 heteroatoms. The second-order valence-electron chi connectivity index (χ2n) is 3.76.